The minimum Gasteiger partial charge on any atom is -0.369 e. The van der Waals surface area contributed by atoms with Crippen molar-refractivity contribution < 1.29 is 27.8 Å². The fourth-order valence-electron chi connectivity index (χ4n) is 2.98. The van der Waals surface area contributed by atoms with Crippen LogP contribution in [0.2, 0.25) is 0 Å². The zero-order valence-electron chi connectivity index (χ0n) is 14.6. The number of anilines is 1. The first kappa shape index (κ1) is 19.1. The minimum atomic E-state index is -4.66. The fraction of sp³-hybridized carbons (Fsp3) is 0.333. The first-order chi connectivity index (χ1) is 12.8. The molecule has 9 heteroatoms. The Morgan fingerprint density at radius 2 is 1.93 bits per heavy atom. The molecule has 2 heterocycles. The Morgan fingerprint density at radius 1 is 1.26 bits per heavy atom. The van der Waals surface area contributed by atoms with Crippen molar-refractivity contribution in [2.75, 3.05) is 18.6 Å². The second-order valence-corrected chi connectivity index (χ2v) is 5.97. The number of rotatable bonds is 4. The number of halogens is 3. The van der Waals surface area contributed by atoms with Crippen LogP contribution in [0.5, 0.6) is 0 Å². The van der Waals surface area contributed by atoms with Crippen LogP contribution in [0.25, 0.3) is 11.1 Å². The van der Waals surface area contributed by atoms with E-state index in [2.05, 4.69) is 4.98 Å². The molecule has 0 spiro atoms. The van der Waals surface area contributed by atoms with Gasteiger partial charge in [-0.1, -0.05) is 30.3 Å². The van der Waals surface area contributed by atoms with E-state index >= 15 is 0 Å². The van der Waals surface area contributed by atoms with Crippen LogP contribution in [0, 0.1) is 0 Å². The van der Waals surface area contributed by atoms with Crippen molar-refractivity contribution in [3.8, 4) is 11.1 Å². The Hall–Kier alpha value is -2.65. The number of ether oxygens (including phenoxy) is 1. The monoisotopic (exact) mass is 381 g/mol. The largest absolute Gasteiger partial charge is 0.417 e. The highest BCUT2D eigenvalue weighted by Gasteiger charge is 2.46. The maximum absolute atomic E-state index is 13.6. The number of carbonyl (C=O) groups is 1. The van der Waals surface area contributed by atoms with Gasteiger partial charge in [0, 0.05) is 25.4 Å². The van der Waals surface area contributed by atoms with Crippen molar-refractivity contribution in [2.45, 2.75) is 25.6 Å². The van der Waals surface area contributed by atoms with Gasteiger partial charge < -0.3 is 9.84 Å². The van der Waals surface area contributed by atoms with Crippen molar-refractivity contribution in [2.24, 2.45) is 0 Å². The summed E-state index contributed by atoms with van der Waals surface area (Å²) in [6.07, 6.45) is -6.07. The molecule has 2 unspecified atom stereocenters. The molecule has 1 fully saturated rings. The van der Waals surface area contributed by atoms with Crippen molar-refractivity contribution in [3.63, 3.8) is 0 Å². The normalized spacial score (nSPS) is 20.4. The lowest BCUT2D eigenvalue weighted by atomic mass is 10.0. The highest BCUT2D eigenvalue weighted by molar-refractivity contribution is 5.94. The topological polar surface area (TPSA) is 65.9 Å². The van der Waals surface area contributed by atoms with E-state index < -0.39 is 30.2 Å². The summed E-state index contributed by atoms with van der Waals surface area (Å²) >= 11 is 0. The van der Waals surface area contributed by atoms with Gasteiger partial charge >= 0.3 is 12.2 Å². The Kier molecular flexibility index (Phi) is 5.07. The van der Waals surface area contributed by atoms with Crippen LogP contribution in [-0.4, -0.2) is 47.1 Å². The number of pyridine rings is 1. The standard InChI is InChI=1S/C18H18F3N3O3/c1-3-27-16-15(25)24(17(26)23(16)2)14-9-13(18(19,20)21)12(10-22-14)11-7-5-4-6-8-11/h4-10,15-16,25H,3H2,1-2H3. The van der Waals surface area contributed by atoms with Crippen LogP contribution < -0.4 is 4.90 Å². The van der Waals surface area contributed by atoms with Gasteiger partial charge in [-0.15, -0.1) is 0 Å². The van der Waals surface area contributed by atoms with Crippen LogP contribution in [0.1, 0.15) is 12.5 Å². The molecule has 1 aliphatic heterocycles. The second-order valence-electron chi connectivity index (χ2n) is 5.97. The van der Waals surface area contributed by atoms with Gasteiger partial charge in [0.05, 0.1) is 5.56 Å². The molecule has 0 aliphatic carbocycles. The Morgan fingerprint density at radius 3 is 2.52 bits per heavy atom. The van der Waals surface area contributed by atoms with Gasteiger partial charge in [-0.2, -0.15) is 13.2 Å². The van der Waals surface area contributed by atoms with E-state index in [1.807, 2.05) is 0 Å². The molecule has 2 atom stereocenters. The number of hydrogen-bond acceptors (Lipinski definition) is 4. The Labute approximate surface area is 153 Å². The van der Waals surface area contributed by atoms with Gasteiger partial charge in [-0.05, 0) is 18.6 Å². The molecular weight excluding hydrogens is 363 g/mol. The number of hydrogen-bond donors (Lipinski definition) is 1. The maximum Gasteiger partial charge on any atom is 0.417 e. The van der Waals surface area contributed by atoms with Gasteiger partial charge in [-0.25, -0.2) is 14.7 Å². The van der Waals surface area contributed by atoms with E-state index in [1.54, 1.807) is 37.3 Å². The molecule has 0 bridgehead atoms. The van der Waals surface area contributed by atoms with Crippen LogP contribution in [-0.2, 0) is 10.9 Å². The minimum absolute atomic E-state index is 0.109. The summed E-state index contributed by atoms with van der Waals surface area (Å²) in [6, 6.07) is 8.10. The summed E-state index contributed by atoms with van der Waals surface area (Å²) in [5.74, 6) is -0.298. The summed E-state index contributed by atoms with van der Waals surface area (Å²) < 4.78 is 46.2. The van der Waals surface area contributed by atoms with E-state index in [0.29, 0.717) is 5.56 Å². The smallest absolute Gasteiger partial charge is 0.369 e. The summed E-state index contributed by atoms with van der Waals surface area (Å²) in [4.78, 5) is 18.3. The lowest BCUT2D eigenvalue weighted by Gasteiger charge is -2.22. The predicted octanol–water partition coefficient (Wildman–Crippen LogP) is 3.32. The summed E-state index contributed by atoms with van der Waals surface area (Å²) in [6.45, 7) is 1.91. The molecule has 1 aliphatic rings. The van der Waals surface area contributed by atoms with Crippen LogP contribution >= 0.6 is 0 Å². The van der Waals surface area contributed by atoms with E-state index in [4.69, 9.17) is 4.74 Å². The van der Waals surface area contributed by atoms with Gasteiger partial charge in [-0.3, -0.25) is 4.90 Å². The lowest BCUT2D eigenvalue weighted by Crippen LogP contribution is -2.38. The Bertz CT molecular complexity index is 830. The fourth-order valence-corrected chi connectivity index (χ4v) is 2.98. The highest BCUT2D eigenvalue weighted by atomic mass is 19.4. The van der Waals surface area contributed by atoms with Gasteiger partial charge in [0.25, 0.3) is 0 Å². The molecule has 144 valence electrons. The van der Waals surface area contributed by atoms with Crippen molar-refractivity contribution in [1.29, 1.82) is 0 Å². The van der Waals surface area contributed by atoms with Crippen LogP contribution in [0.15, 0.2) is 42.6 Å². The lowest BCUT2D eigenvalue weighted by molar-refractivity contribution is -0.137. The van der Waals surface area contributed by atoms with Gasteiger partial charge in [0.15, 0.2) is 12.5 Å². The molecule has 0 radical (unpaired) electrons. The number of benzene rings is 1. The molecule has 6 nitrogen and oxygen atoms in total. The number of aliphatic hydroxyl groups excluding tert-OH is 1. The van der Waals surface area contributed by atoms with E-state index in [9.17, 15) is 23.1 Å². The summed E-state index contributed by atoms with van der Waals surface area (Å²) in [5.41, 5.74) is -0.703. The first-order valence-electron chi connectivity index (χ1n) is 8.24. The average Bonchev–Trinajstić information content (AvgIpc) is 2.85. The quantitative estimate of drug-likeness (QED) is 0.882. The van der Waals surface area contributed by atoms with Crippen molar-refractivity contribution in [3.05, 3.63) is 48.2 Å². The Balaban J connectivity index is 2.07. The third kappa shape index (κ3) is 3.47. The zero-order valence-corrected chi connectivity index (χ0v) is 14.6. The van der Waals surface area contributed by atoms with Crippen molar-refractivity contribution in [1.82, 2.24) is 9.88 Å². The van der Waals surface area contributed by atoms with Crippen LogP contribution in [0.4, 0.5) is 23.8 Å². The molecule has 1 aromatic carbocycles. The number of alkyl halides is 3. The number of nitrogens with zero attached hydrogens (tertiary/aromatic N) is 3. The molecule has 1 N–H and O–H groups in total. The first-order valence-corrected chi connectivity index (χ1v) is 8.24. The second kappa shape index (κ2) is 7.16. The molecule has 27 heavy (non-hydrogen) atoms. The van der Waals surface area contributed by atoms with Gasteiger partial charge in [0.2, 0.25) is 0 Å². The highest BCUT2D eigenvalue weighted by Crippen LogP contribution is 2.39. The average molecular weight is 381 g/mol. The zero-order chi connectivity index (χ0) is 19.8. The third-order valence-electron chi connectivity index (χ3n) is 4.27. The molecule has 0 saturated carbocycles. The molecule has 1 saturated heterocycles. The maximum atomic E-state index is 13.6. The molecule has 2 aromatic rings. The van der Waals surface area contributed by atoms with E-state index in [0.717, 1.165) is 22.1 Å². The SMILES string of the molecule is CCOC1C(O)N(c2cc(C(F)(F)F)c(-c3ccccc3)cn2)C(=O)N1C. The van der Waals surface area contributed by atoms with Gasteiger partial charge in [0.1, 0.15) is 5.82 Å². The summed E-state index contributed by atoms with van der Waals surface area (Å²) in [5, 5.41) is 10.4. The number of aliphatic hydroxyl groups is 1. The van der Waals surface area contributed by atoms with Crippen LogP contribution in [0.3, 0.4) is 0 Å². The number of amides is 2. The molecule has 2 amide bonds. The third-order valence-corrected chi connectivity index (χ3v) is 4.27. The number of aromatic nitrogens is 1. The summed E-state index contributed by atoms with van der Waals surface area (Å²) in [7, 11) is 1.40. The number of likely N-dealkylation sites (N-methyl/N-ethyl adjacent to an activating group) is 1. The van der Waals surface area contributed by atoms with E-state index in [-0.39, 0.29) is 18.0 Å². The van der Waals surface area contributed by atoms with Crippen molar-refractivity contribution >= 4 is 11.8 Å². The number of urea groups is 1. The number of carbonyl (C=O) groups excluding carboxylic acids is 1. The molecule has 1 aromatic heterocycles. The predicted molar refractivity (Wildman–Crippen MR) is 91.7 cm³/mol. The molecule has 3 rings (SSSR count). The van der Waals surface area contributed by atoms with E-state index in [1.165, 1.54) is 7.05 Å². The molecular formula is C18H18F3N3O3.